The Morgan fingerprint density at radius 2 is 1.53 bits per heavy atom. The molecule has 2 fully saturated rings. The van der Waals surface area contributed by atoms with Crippen LogP contribution in [0.1, 0.15) is 60.6 Å². The number of benzene rings is 3. The van der Waals surface area contributed by atoms with Crippen molar-refractivity contribution in [2.24, 2.45) is 5.92 Å². The Bertz CT molecular complexity index is 1250. The Balaban J connectivity index is 1.58. The third kappa shape index (κ3) is 5.15. The summed E-state index contributed by atoms with van der Waals surface area (Å²) in [5, 5.41) is 10.5. The first-order chi connectivity index (χ1) is 17.5. The average Bonchev–Trinajstić information content (AvgIpc) is 3.73. The van der Waals surface area contributed by atoms with Gasteiger partial charge in [-0.2, -0.15) is 5.26 Å². The van der Waals surface area contributed by atoms with Crippen molar-refractivity contribution in [2.75, 3.05) is 0 Å². The summed E-state index contributed by atoms with van der Waals surface area (Å²) in [6.07, 6.45) is 2.62. The van der Waals surface area contributed by atoms with Crippen molar-refractivity contribution in [3.05, 3.63) is 105 Å². The molecule has 184 valence electrons. The third-order valence-electron chi connectivity index (χ3n) is 7.28. The fourth-order valence-corrected chi connectivity index (χ4v) is 5.59. The molecule has 1 aliphatic carbocycles. The largest absolute Gasteiger partial charge is 0.358 e. The van der Waals surface area contributed by atoms with E-state index in [9.17, 15) is 4.79 Å². The number of nitriles is 1. The van der Waals surface area contributed by atoms with Crippen LogP contribution in [0.4, 0.5) is 0 Å². The molecule has 1 saturated heterocycles. The highest BCUT2D eigenvalue weighted by Crippen LogP contribution is 2.48. The molecule has 2 aliphatic rings. The summed E-state index contributed by atoms with van der Waals surface area (Å²) in [5.74, 6) is 0.525. The lowest BCUT2D eigenvalue weighted by Gasteiger charge is -2.48. The molecule has 0 radical (unpaired) electrons. The molecule has 0 aromatic heterocycles. The predicted molar refractivity (Wildman–Crippen MR) is 142 cm³/mol. The molecule has 4 atom stereocenters. The van der Waals surface area contributed by atoms with Gasteiger partial charge in [-0.15, -0.1) is 0 Å². The van der Waals surface area contributed by atoms with Gasteiger partial charge in [0.1, 0.15) is 12.2 Å². The number of carbonyl (C=O) groups is 1. The number of halogens is 2. The number of nitrogens with zero attached hydrogens (tertiary/aromatic N) is 2. The number of rotatable bonds is 7. The minimum absolute atomic E-state index is 0.0169. The summed E-state index contributed by atoms with van der Waals surface area (Å²) in [4.78, 5) is 16.3. The van der Waals surface area contributed by atoms with Crippen LogP contribution in [0.25, 0.3) is 0 Å². The van der Waals surface area contributed by atoms with E-state index in [-0.39, 0.29) is 24.1 Å². The summed E-state index contributed by atoms with van der Waals surface area (Å²) in [6.45, 7) is 2.16. The molecule has 1 saturated carbocycles. The van der Waals surface area contributed by atoms with Gasteiger partial charge in [0, 0.05) is 22.5 Å². The van der Waals surface area contributed by atoms with Crippen molar-refractivity contribution < 1.29 is 9.53 Å². The molecule has 1 aliphatic heterocycles. The van der Waals surface area contributed by atoms with Crippen molar-refractivity contribution in [3.63, 3.8) is 0 Å². The Kier molecular flexibility index (Phi) is 7.34. The van der Waals surface area contributed by atoms with E-state index in [1.54, 1.807) is 12.1 Å². The molecule has 3 aromatic carbocycles. The molecular formula is C30H28Cl2N2O2. The van der Waals surface area contributed by atoms with Crippen LogP contribution in [0.5, 0.6) is 0 Å². The number of morpholine rings is 1. The van der Waals surface area contributed by atoms with Crippen LogP contribution in [0, 0.1) is 17.2 Å². The van der Waals surface area contributed by atoms with Gasteiger partial charge in [-0.05, 0) is 78.3 Å². The van der Waals surface area contributed by atoms with Crippen LogP contribution in [-0.4, -0.2) is 23.0 Å². The summed E-state index contributed by atoms with van der Waals surface area (Å²) in [5.41, 5.74) is 3.54. The first-order valence-electron chi connectivity index (χ1n) is 12.5. The second-order valence-electron chi connectivity index (χ2n) is 9.66. The van der Waals surface area contributed by atoms with E-state index < -0.39 is 6.10 Å². The topological polar surface area (TPSA) is 53.3 Å². The predicted octanol–water partition coefficient (Wildman–Crippen LogP) is 7.31. The Labute approximate surface area is 222 Å². The van der Waals surface area contributed by atoms with E-state index in [2.05, 4.69) is 17.9 Å². The first-order valence-corrected chi connectivity index (χ1v) is 13.2. The van der Waals surface area contributed by atoms with Gasteiger partial charge in [0.2, 0.25) is 0 Å². The van der Waals surface area contributed by atoms with Crippen molar-refractivity contribution in [1.29, 1.82) is 5.26 Å². The molecule has 0 N–H and O–H groups in total. The van der Waals surface area contributed by atoms with Crippen LogP contribution in [0.2, 0.25) is 10.0 Å². The minimum atomic E-state index is -0.630. The van der Waals surface area contributed by atoms with E-state index in [4.69, 9.17) is 33.2 Å². The summed E-state index contributed by atoms with van der Waals surface area (Å²) >= 11 is 12.4. The van der Waals surface area contributed by atoms with Gasteiger partial charge in [0.05, 0.1) is 17.7 Å². The van der Waals surface area contributed by atoms with Gasteiger partial charge >= 0.3 is 0 Å². The zero-order valence-corrected chi connectivity index (χ0v) is 21.6. The van der Waals surface area contributed by atoms with Crippen molar-refractivity contribution >= 4 is 29.1 Å². The number of amides is 1. The highest BCUT2D eigenvalue weighted by Gasteiger charge is 2.49. The fourth-order valence-electron chi connectivity index (χ4n) is 5.34. The highest BCUT2D eigenvalue weighted by molar-refractivity contribution is 6.30. The van der Waals surface area contributed by atoms with Crippen LogP contribution in [0.15, 0.2) is 72.8 Å². The molecule has 0 bridgehead atoms. The molecule has 6 heteroatoms. The lowest BCUT2D eigenvalue weighted by Crippen LogP contribution is -2.55. The highest BCUT2D eigenvalue weighted by atomic mass is 35.5. The van der Waals surface area contributed by atoms with Gasteiger partial charge in [0.25, 0.3) is 5.91 Å². The molecule has 0 unspecified atom stereocenters. The molecule has 1 amide bonds. The monoisotopic (exact) mass is 518 g/mol. The summed E-state index contributed by atoms with van der Waals surface area (Å²) < 4.78 is 6.68. The van der Waals surface area contributed by atoms with Crippen LogP contribution < -0.4 is 0 Å². The average molecular weight is 519 g/mol. The van der Waals surface area contributed by atoms with E-state index in [0.29, 0.717) is 27.9 Å². The second-order valence-corrected chi connectivity index (χ2v) is 10.5. The first kappa shape index (κ1) is 24.8. The summed E-state index contributed by atoms with van der Waals surface area (Å²) in [7, 11) is 0. The Morgan fingerprint density at radius 3 is 2.06 bits per heavy atom. The third-order valence-corrected chi connectivity index (χ3v) is 7.79. The number of ether oxygens (including phenoxy) is 1. The fraction of sp³-hybridized carbons (Fsp3) is 0.333. The number of hydrogen-bond acceptors (Lipinski definition) is 3. The molecule has 3 aromatic rings. The van der Waals surface area contributed by atoms with Gasteiger partial charge in [0.15, 0.2) is 0 Å². The van der Waals surface area contributed by atoms with Crippen molar-refractivity contribution in [1.82, 2.24) is 4.90 Å². The van der Waals surface area contributed by atoms with E-state index >= 15 is 0 Å². The van der Waals surface area contributed by atoms with Gasteiger partial charge in [-0.1, -0.05) is 66.5 Å². The lowest BCUT2D eigenvalue weighted by molar-refractivity contribution is -0.180. The minimum Gasteiger partial charge on any atom is -0.358 e. The number of carbonyl (C=O) groups excluding carboxylic acids is 1. The second kappa shape index (κ2) is 10.6. The molecule has 5 rings (SSSR count). The Hall–Kier alpha value is -2.84. The lowest BCUT2D eigenvalue weighted by atomic mass is 9.88. The van der Waals surface area contributed by atoms with Crippen LogP contribution in [-0.2, 0) is 16.0 Å². The molecular weight excluding hydrogens is 491 g/mol. The van der Waals surface area contributed by atoms with Gasteiger partial charge in [-0.3, -0.25) is 4.79 Å². The summed E-state index contributed by atoms with van der Waals surface area (Å²) in [6, 6.07) is 24.8. The molecule has 4 nitrogen and oxygen atoms in total. The molecule has 36 heavy (non-hydrogen) atoms. The quantitative estimate of drug-likeness (QED) is 0.329. The zero-order chi connectivity index (χ0) is 25.2. The SMILES string of the molecule is CC[C@@H](C1CC1)N1C(=O)[C@H](Cc2ccc(C#N)cc2)O[C@@H](c2ccc(Cl)cc2)[C@H]1c1ccc(Cl)cc1. The smallest absolute Gasteiger partial charge is 0.252 e. The van der Waals surface area contributed by atoms with Crippen molar-refractivity contribution in [3.8, 4) is 6.07 Å². The van der Waals surface area contributed by atoms with Gasteiger partial charge in [-0.25, -0.2) is 0 Å². The van der Waals surface area contributed by atoms with E-state index in [1.165, 1.54) is 0 Å². The number of hydrogen-bond donors (Lipinski definition) is 0. The maximum Gasteiger partial charge on any atom is 0.252 e. The zero-order valence-electron chi connectivity index (χ0n) is 20.1. The Morgan fingerprint density at radius 1 is 0.944 bits per heavy atom. The van der Waals surface area contributed by atoms with Crippen molar-refractivity contribution in [2.45, 2.75) is 56.9 Å². The maximum atomic E-state index is 14.2. The van der Waals surface area contributed by atoms with Crippen LogP contribution in [0.3, 0.4) is 0 Å². The molecule has 0 spiro atoms. The maximum absolute atomic E-state index is 14.2. The standard InChI is InChI=1S/C30H28Cl2N2O2/c1-2-26(21-7-8-21)34-28(22-9-13-24(31)14-10-22)29(23-11-15-25(32)16-12-23)36-27(30(34)35)17-19-3-5-20(18-33)6-4-19/h3-6,9-16,21,26-29H,2,7-8,17H2,1H3/t26-,27-,28+,29-/m0/s1. The van der Waals surface area contributed by atoms with E-state index in [0.717, 1.165) is 36.0 Å². The van der Waals surface area contributed by atoms with Gasteiger partial charge < -0.3 is 9.64 Å². The normalized spacial score (nSPS) is 22.8. The molecule has 1 heterocycles. The van der Waals surface area contributed by atoms with E-state index in [1.807, 2.05) is 60.7 Å². The van der Waals surface area contributed by atoms with Crippen LogP contribution >= 0.6 is 23.2 Å².